The van der Waals surface area contributed by atoms with Crippen molar-refractivity contribution in [2.75, 3.05) is 0 Å². The number of hydrogen-bond donors (Lipinski definition) is 0. The highest BCUT2D eigenvalue weighted by atomic mass is 14.9. The molecule has 0 radical (unpaired) electrons. The van der Waals surface area contributed by atoms with Gasteiger partial charge in [-0.15, -0.1) is 0 Å². The smallest absolute Gasteiger partial charge is 0.129 e. The molecule has 1 unspecified atom stereocenters. The topological polar surface area (TPSA) is 25.8 Å². The summed E-state index contributed by atoms with van der Waals surface area (Å²) in [5.74, 6) is 1.30. The van der Waals surface area contributed by atoms with Gasteiger partial charge in [0.1, 0.15) is 5.82 Å². The van der Waals surface area contributed by atoms with Crippen molar-refractivity contribution in [2.24, 2.45) is 0 Å². The SMILES string of the molecule is CCCc1cccc(CCc2ncc3c(n2)-c2ccccc2C(c2ccccc2C)C3)c1. The third-order valence-corrected chi connectivity index (χ3v) is 6.66. The second-order valence-corrected chi connectivity index (χ2v) is 8.93. The maximum atomic E-state index is 5.07. The minimum Gasteiger partial charge on any atom is -0.241 e. The van der Waals surface area contributed by atoms with Crippen LogP contribution in [0.4, 0.5) is 0 Å². The molecule has 0 saturated heterocycles. The molecule has 4 aromatic rings. The first-order chi connectivity index (χ1) is 15.7. The fourth-order valence-electron chi connectivity index (χ4n) is 5.03. The molecule has 2 heteroatoms. The van der Waals surface area contributed by atoms with Crippen LogP contribution in [0.2, 0.25) is 0 Å². The number of aromatic nitrogens is 2. The highest BCUT2D eigenvalue weighted by Crippen LogP contribution is 2.42. The van der Waals surface area contributed by atoms with Crippen LogP contribution in [0.5, 0.6) is 0 Å². The Balaban J connectivity index is 1.43. The van der Waals surface area contributed by atoms with E-state index in [1.54, 1.807) is 0 Å². The van der Waals surface area contributed by atoms with Gasteiger partial charge in [0.2, 0.25) is 0 Å². The van der Waals surface area contributed by atoms with Gasteiger partial charge in [-0.1, -0.05) is 86.1 Å². The predicted molar refractivity (Wildman–Crippen MR) is 132 cm³/mol. The fourth-order valence-corrected chi connectivity index (χ4v) is 5.03. The summed E-state index contributed by atoms with van der Waals surface area (Å²) in [6, 6.07) is 26.5. The highest BCUT2D eigenvalue weighted by molar-refractivity contribution is 5.71. The summed E-state index contributed by atoms with van der Waals surface area (Å²) in [6.07, 6.45) is 7.20. The van der Waals surface area contributed by atoms with Gasteiger partial charge in [0.05, 0.1) is 5.69 Å². The molecule has 0 amide bonds. The van der Waals surface area contributed by atoms with E-state index in [0.717, 1.165) is 37.2 Å². The van der Waals surface area contributed by atoms with Gasteiger partial charge in [-0.2, -0.15) is 0 Å². The van der Waals surface area contributed by atoms with Crippen molar-refractivity contribution >= 4 is 0 Å². The van der Waals surface area contributed by atoms with Crippen LogP contribution in [-0.2, 0) is 25.7 Å². The normalized spacial score (nSPS) is 14.6. The first kappa shape index (κ1) is 20.6. The molecule has 0 fully saturated rings. The molecule has 1 atom stereocenters. The van der Waals surface area contributed by atoms with E-state index in [4.69, 9.17) is 9.97 Å². The van der Waals surface area contributed by atoms with Crippen LogP contribution in [0.1, 0.15) is 58.5 Å². The van der Waals surface area contributed by atoms with Gasteiger partial charge < -0.3 is 0 Å². The molecule has 1 aromatic heterocycles. The lowest BCUT2D eigenvalue weighted by Crippen LogP contribution is -2.16. The van der Waals surface area contributed by atoms with Crippen molar-refractivity contribution in [3.05, 3.63) is 118 Å². The number of aryl methyl sites for hydroxylation is 4. The zero-order valence-electron chi connectivity index (χ0n) is 19.0. The average Bonchev–Trinajstić information content (AvgIpc) is 2.83. The maximum absolute atomic E-state index is 5.07. The summed E-state index contributed by atoms with van der Waals surface area (Å²) in [4.78, 5) is 9.85. The van der Waals surface area contributed by atoms with Crippen molar-refractivity contribution in [3.8, 4) is 11.3 Å². The van der Waals surface area contributed by atoms with E-state index in [2.05, 4.69) is 92.8 Å². The summed E-state index contributed by atoms with van der Waals surface area (Å²) in [5, 5.41) is 0. The summed E-state index contributed by atoms with van der Waals surface area (Å²) >= 11 is 0. The molecule has 1 aliphatic rings. The van der Waals surface area contributed by atoms with E-state index in [1.165, 1.54) is 45.4 Å². The standard InChI is InChI=1S/C30H30N2/c1-3-9-22-11-8-12-23(18-22)16-17-29-31-20-24-19-28(25-13-5-4-10-21(25)2)26-14-6-7-15-27(26)30(24)32-29/h4-8,10-15,18,20,28H,3,9,16-17,19H2,1-2H3. The zero-order chi connectivity index (χ0) is 21.9. The minimum absolute atomic E-state index is 0.357. The Hall–Kier alpha value is -3.26. The number of nitrogens with zero attached hydrogens (tertiary/aromatic N) is 2. The van der Waals surface area contributed by atoms with Crippen LogP contribution in [0.3, 0.4) is 0 Å². The summed E-state index contributed by atoms with van der Waals surface area (Å²) < 4.78 is 0. The average molecular weight is 419 g/mol. The maximum Gasteiger partial charge on any atom is 0.129 e. The van der Waals surface area contributed by atoms with Gasteiger partial charge in [0, 0.05) is 24.1 Å². The number of benzene rings is 3. The van der Waals surface area contributed by atoms with Gasteiger partial charge in [-0.25, -0.2) is 9.97 Å². The summed E-state index contributed by atoms with van der Waals surface area (Å²) in [5.41, 5.74) is 10.6. The monoisotopic (exact) mass is 418 g/mol. The lowest BCUT2D eigenvalue weighted by Gasteiger charge is -2.28. The Morgan fingerprint density at radius 1 is 0.812 bits per heavy atom. The van der Waals surface area contributed by atoms with Gasteiger partial charge in [-0.3, -0.25) is 0 Å². The molecule has 0 saturated carbocycles. The van der Waals surface area contributed by atoms with Crippen LogP contribution in [0, 0.1) is 6.92 Å². The molecule has 3 aromatic carbocycles. The van der Waals surface area contributed by atoms with Crippen LogP contribution in [-0.4, -0.2) is 9.97 Å². The molecular weight excluding hydrogens is 388 g/mol. The van der Waals surface area contributed by atoms with Gasteiger partial charge >= 0.3 is 0 Å². The largest absolute Gasteiger partial charge is 0.241 e. The Morgan fingerprint density at radius 3 is 2.38 bits per heavy atom. The van der Waals surface area contributed by atoms with Crippen molar-refractivity contribution in [2.45, 2.75) is 51.9 Å². The Bertz CT molecular complexity index is 1240. The van der Waals surface area contributed by atoms with Gasteiger partial charge in [0.15, 0.2) is 0 Å². The van der Waals surface area contributed by atoms with E-state index in [9.17, 15) is 0 Å². The quantitative estimate of drug-likeness (QED) is 0.341. The second-order valence-electron chi connectivity index (χ2n) is 8.93. The summed E-state index contributed by atoms with van der Waals surface area (Å²) in [7, 11) is 0. The zero-order valence-corrected chi connectivity index (χ0v) is 19.0. The van der Waals surface area contributed by atoms with Crippen LogP contribution in [0.15, 0.2) is 79.0 Å². The van der Waals surface area contributed by atoms with Crippen molar-refractivity contribution in [3.63, 3.8) is 0 Å². The highest BCUT2D eigenvalue weighted by Gasteiger charge is 2.28. The molecule has 0 N–H and O–H groups in total. The molecule has 0 bridgehead atoms. The first-order valence-corrected chi connectivity index (χ1v) is 11.8. The third-order valence-electron chi connectivity index (χ3n) is 6.66. The first-order valence-electron chi connectivity index (χ1n) is 11.8. The van der Waals surface area contributed by atoms with E-state index >= 15 is 0 Å². The van der Waals surface area contributed by atoms with E-state index < -0.39 is 0 Å². The summed E-state index contributed by atoms with van der Waals surface area (Å²) in [6.45, 7) is 4.44. The lowest BCUT2D eigenvalue weighted by atomic mass is 9.77. The number of fused-ring (bicyclic) bond motifs is 3. The Kier molecular flexibility index (Phi) is 5.85. The van der Waals surface area contributed by atoms with Gasteiger partial charge in [-0.05, 0) is 59.6 Å². The minimum atomic E-state index is 0.357. The molecule has 5 rings (SSSR count). The number of rotatable bonds is 6. The van der Waals surface area contributed by atoms with E-state index in [1.807, 2.05) is 0 Å². The molecule has 1 heterocycles. The molecular formula is C30H30N2. The molecule has 1 aliphatic carbocycles. The van der Waals surface area contributed by atoms with Crippen molar-refractivity contribution in [1.82, 2.24) is 9.97 Å². The third kappa shape index (κ3) is 4.10. The van der Waals surface area contributed by atoms with Crippen LogP contribution < -0.4 is 0 Å². The molecule has 0 aliphatic heterocycles. The van der Waals surface area contributed by atoms with Crippen LogP contribution in [0.25, 0.3) is 11.3 Å². The van der Waals surface area contributed by atoms with Gasteiger partial charge in [0.25, 0.3) is 0 Å². The number of hydrogen-bond acceptors (Lipinski definition) is 2. The van der Waals surface area contributed by atoms with Crippen molar-refractivity contribution in [1.29, 1.82) is 0 Å². The molecule has 160 valence electrons. The lowest BCUT2D eigenvalue weighted by molar-refractivity contribution is 0.762. The molecule has 32 heavy (non-hydrogen) atoms. The van der Waals surface area contributed by atoms with Crippen molar-refractivity contribution < 1.29 is 0 Å². The Labute approximate surface area is 191 Å². The van der Waals surface area contributed by atoms with E-state index in [-0.39, 0.29) is 0 Å². The van der Waals surface area contributed by atoms with Crippen LogP contribution >= 0.6 is 0 Å². The molecule has 2 nitrogen and oxygen atoms in total. The van der Waals surface area contributed by atoms with E-state index in [0.29, 0.717) is 5.92 Å². The second kappa shape index (κ2) is 9.08. The predicted octanol–water partition coefficient (Wildman–Crippen LogP) is 6.88. The Morgan fingerprint density at radius 2 is 1.56 bits per heavy atom. The molecule has 0 spiro atoms. The fraction of sp³-hybridized carbons (Fsp3) is 0.267.